The van der Waals surface area contributed by atoms with E-state index in [-0.39, 0.29) is 11.9 Å². The van der Waals surface area contributed by atoms with E-state index in [4.69, 9.17) is 4.74 Å². The van der Waals surface area contributed by atoms with Crippen LogP contribution in [0.25, 0.3) is 0 Å². The summed E-state index contributed by atoms with van der Waals surface area (Å²) in [6, 6.07) is 7.46. The van der Waals surface area contributed by atoms with Crippen molar-refractivity contribution in [3.05, 3.63) is 24.3 Å². The third-order valence-corrected chi connectivity index (χ3v) is 4.44. The fourth-order valence-electron chi connectivity index (χ4n) is 2.95. The Morgan fingerprint density at radius 1 is 1.22 bits per heavy atom. The van der Waals surface area contributed by atoms with E-state index in [2.05, 4.69) is 22.0 Å². The Morgan fingerprint density at radius 2 is 2.00 bits per heavy atom. The molecular formula is C18H29N3O2. The number of benzene rings is 1. The van der Waals surface area contributed by atoms with Crippen molar-refractivity contribution in [2.45, 2.75) is 33.2 Å². The van der Waals surface area contributed by atoms with Gasteiger partial charge in [-0.15, -0.1) is 0 Å². The fraction of sp³-hybridized carbons (Fsp3) is 0.611. The van der Waals surface area contributed by atoms with E-state index in [0.717, 1.165) is 50.6 Å². The zero-order valence-electron chi connectivity index (χ0n) is 14.5. The fourth-order valence-corrected chi connectivity index (χ4v) is 2.95. The number of hydrogen-bond acceptors (Lipinski definition) is 4. The van der Waals surface area contributed by atoms with Crippen molar-refractivity contribution in [1.29, 1.82) is 0 Å². The van der Waals surface area contributed by atoms with Gasteiger partial charge in [0.05, 0.1) is 18.3 Å². The molecule has 1 aliphatic heterocycles. The summed E-state index contributed by atoms with van der Waals surface area (Å²) in [5, 5.41) is 3.02. The highest BCUT2D eigenvalue weighted by Gasteiger charge is 2.24. The summed E-state index contributed by atoms with van der Waals surface area (Å²) in [7, 11) is 0. The number of carbonyl (C=O) groups is 1. The number of nitrogens with one attached hydrogen (secondary N) is 1. The Balaban J connectivity index is 1.97. The maximum atomic E-state index is 12.6. The smallest absolute Gasteiger partial charge is 0.241 e. The molecule has 0 aliphatic carbocycles. The molecule has 2 rings (SSSR count). The average molecular weight is 319 g/mol. The minimum Gasteiger partial charge on any atom is -0.492 e. The van der Waals surface area contributed by atoms with E-state index < -0.39 is 0 Å². The SMILES string of the molecule is CCOc1ccccc1NC(=O)[C@H](C)N1CCCN(CC)CC1. The van der Waals surface area contributed by atoms with Gasteiger partial charge in [0.2, 0.25) is 5.91 Å². The molecule has 5 heteroatoms. The van der Waals surface area contributed by atoms with Gasteiger partial charge in [-0.05, 0) is 45.5 Å². The predicted octanol–water partition coefficient (Wildman–Crippen LogP) is 2.44. The number of para-hydroxylation sites is 2. The van der Waals surface area contributed by atoms with E-state index in [0.29, 0.717) is 6.61 Å². The number of ether oxygens (including phenoxy) is 1. The quantitative estimate of drug-likeness (QED) is 0.875. The summed E-state index contributed by atoms with van der Waals surface area (Å²) >= 11 is 0. The minimum atomic E-state index is -0.138. The molecule has 1 atom stereocenters. The number of anilines is 1. The summed E-state index contributed by atoms with van der Waals surface area (Å²) in [4.78, 5) is 17.3. The van der Waals surface area contributed by atoms with Crippen molar-refractivity contribution in [3.8, 4) is 5.75 Å². The molecule has 0 saturated carbocycles. The first-order valence-corrected chi connectivity index (χ1v) is 8.64. The molecule has 5 nitrogen and oxygen atoms in total. The summed E-state index contributed by atoms with van der Waals surface area (Å²) in [5.41, 5.74) is 0.746. The van der Waals surface area contributed by atoms with Crippen molar-refractivity contribution >= 4 is 11.6 Å². The summed E-state index contributed by atoms with van der Waals surface area (Å²) in [6.07, 6.45) is 1.11. The lowest BCUT2D eigenvalue weighted by atomic mass is 10.2. The Bertz CT molecular complexity index is 507. The normalized spacial score (nSPS) is 18.2. The number of nitrogens with zero attached hydrogens (tertiary/aromatic N) is 2. The van der Waals surface area contributed by atoms with Crippen LogP contribution in [0.5, 0.6) is 5.75 Å². The molecule has 0 aromatic heterocycles. The molecular weight excluding hydrogens is 290 g/mol. The van der Waals surface area contributed by atoms with Crippen molar-refractivity contribution in [2.24, 2.45) is 0 Å². The van der Waals surface area contributed by atoms with Gasteiger partial charge >= 0.3 is 0 Å². The second kappa shape index (κ2) is 8.89. The van der Waals surface area contributed by atoms with Crippen molar-refractivity contribution < 1.29 is 9.53 Å². The standard InChI is InChI=1S/C18H29N3O2/c1-4-20-11-8-12-21(14-13-20)15(3)18(22)19-16-9-6-7-10-17(16)23-5-2/h6-7,9-10,15H,4-5,8,11-14H2,1-3H3,(H,19,22)/t15-/m0/s1. The van der Waals surface area contributed by atoms with Gasteiger partial charge in [-0.3, -0.25) is 9.69 Å². The molecule has 1 N–H and O–H groups in total. The van der Waals surface area contributed by atoms with Crippen LogP contribution < -0.4 is 10.1 Å². The molecule has 1 aromatic carbocycles. The molecule has 0 bridgehead atoms. The second-order valence-electron chi connectivity index (χ2n) is 5.92. The molecule has 128 valence electrons. The highest BCUT2D eigenvalue weighted by Crippen LogP contribution is 2.24. The summed E-state index contributed by atoms with van der Waals surface area (Å²) in [5.74, 6) is 0.755. The van der Waals surface area contributed by atoms with E-state index in [1.54, 1.807) is 0 Å². The zero-order valence-corrected chi connectivity index (χ0v) is 14.5. The van der Waals surface area contributed by atoms with E-state index in [1.807, 2.05) is 38.1 Å². The first kappa shape index (κ1) is 17.8. The van der Waals surface area contributed by atoms with Crippen LogP contribution in [0.3, 0.4) is 0 Å². The van der Waals surface area contributed by atoms with Crippen LogP contribution in [0.15, 0.2) is 24.3 Å². The Hall–Kier alpha value is -1.59. The first-order chi connectivity index (χ1) is 11.2. The lowest BCUT2D eigenvalue weighted by molar-refractivity contribution is -0.120. The molecule has 23 heavy (non-hydrogen) atoms. The van der Waals surface area contributed by atoms with Crippen molar-refractivity contribution in [1.82, 2.24) is 9.80 Å². The van der Waals surface area contributed by atoms with Gasteiger partial charge in [-0.1, -0.05) is 19.1 Å². The number of likely N-dealkylation sites (N-methyl/N-ethyl adjacent to an activating group) is 1. The monoisotopic (exact) mass is 319 g/mol. The summed E-state index contributed by atoms with van der Waals surface area (Å²) in [6.45, 7) is 11.8. The predicted molar refractivity (Wildman–Crippen MR) is 94.0 cm³/mol. The Labute approximate surface area is 139 Å². The topological polar surface area (TPSA) is 44.8 Å². The van der Waals surface area contributed by atoms with Gasteiger partial charge in [0, 0.05) is 19.6 Å². The van der Waals surface area contributed by atoms with Gasteiger partial charge in [-0.2, -0.15) is 0 Å². The van der Waals surface area contributed by atoms with Gasteiger partial charge in [0.1, 0.15) is 5.75 Å². The van der Waals surface area contributed by atoms with E-state index in [9.17, 15) is 4.79 Å². The minimum absolute atomic E-state index is 0.0297. The lowest BCUT2D eigenvalue weighted by Crippen LogP contribution is -2.43. The molecule has 1 amide bonds. The van der Waals surface area contributed by atoms with Gasteiger partial charge in [-0.25, -0.2) is 0 Å². The average Bonchev–Trinajstić information content (AvgIpc) is 2.81. The third kappa shape index (κ3) is 4.94. The zero-order chi connectivity index (χ0) is 16.7. The molecule has 1 heterocycles. The van der Waals surface area contributed by atoms with Crippen LogP contribution in [-0.2, 0) is 4.79 Å². The molecule has 0 spiro atoms. The first-order valence-electron chi connectivity index (χ1n) is 8.64. The van der Waals surface area contributed by atoms with Crippen LogP contribution >= 0.6 is 0 Å². The summed E-state index contributed by atoms with van der Waals surface area (Å²) < 4.78 is 5.58. The maximum Gasteiger partial charge on any atom is 0.241 e. The van der Waals surface area contributed by atoms with Gasteiger partial charge in [0.15, 0.2) is 0 Å². The Kier molecular flexibility index (Phi) is 6.86. The second-order valence-corrected chi connectivity index (χ2v) is 5.92. The van der Waals surface area contributed by atoms with Crippen LogP contribution in [-0.4, -0.2) is 61.1 Å². The highest BCUT2D eigenvalue weighted by molar-refractivity contribution is 5.95. The molecule has 1 aromatic rings. The highest BCUT2D eigenvalue weighted by atomic mass is 16.5. The lowest BCUT2D eigenvalue weighted by Gasteiger charge is -2.27. The largest absolute Gasteiger partial charge is 0.492 e. The number of carbonyl (C=O) groups excluding carboxylic acids is 1. The Morgan fingerprint density at radius 3 is 2.74 bits per heavy atom. The van der Waals surface area contributed by atoms with Gasteiger partial charge in [0.25, 0.3) is 0 Å². The molecule has 0 unspecified atom stereocenters. The molecule has 0 radical (unpaired) electrons. The number of hydrogen-bond donors (Lipinski definition) is 1. The van der Waals surface area contributed by atoms with Crippen LogP contribution in [0.2, 0.25) is 0 Å². The van der Waals surface area contributed by atoms with Crippen molar-refractivity contribution in [2.75, 3.05) is 44.6 Å². The third-order valence-electron chi connectivity index (χ3n) is 4.44. The van der Waals surface area contributed by atoms with Gasteiger partial charge < -0.3 is 15.0 Å². The van der Waals surface area contributed by atoms with Crippen LogP contribution in [0, 0.1) is 0 Å². The molecule has 1 fully saturated rings. The maximum absolute atomic E-state index is 12.6. The number of amides is 1. The van der Waals surface area contributed by atoms with Crippen LogP contribution in [0.1, 0.15) is 27.2 Å². The number of rotatable bonds is 6. The van der Waals surface area contributed by atoms with E-state index >= 15 is 0 Å². The molecule has 1 saturated heterocycles. The van der Waals surface area contributed by atoms with Crippen LogP contribution in [0.4, 0.5) is 5.69 Å². The van der Waals surface area contributed by atoms with Crippen molar-refractivity contribution in [3.63, 3.8) is 0 Å². The van der Waals surface area contributed by atoms with E-state index in [1.165, 1.54) is 0 Å². The molecule has 1 aliphatic rings.